The third kappa shape index (κ3) is 4.52. The quantitative estimate of drug-likeness (QED) is 0.305. The summed E-state index contributed by atoms with van der Waals surface area (Å²) in [5.74, 6) is 0.704. The van der Waals surface area contributed by atoms with Crippen LogP contribution in [0.1, 0.15) is 32.6 Å². The van der Waals surface area contributed by atoms with E-state index in [1.165, 1.54) is 0 Å². The molecule has 0 atom stereocenters. The zero-order valence-electron chi connectivity index (χ0n) is 11.1. The summed E-state index contributed by atoms with van der Waals surface area (Å²) < 4.78 is 5.46. The summed E-state index contributed by atoms with van der Waals surface area (Å²) in [5, 5.41) is 11.3. The second-order valence-electron chi connectivity index (χ2n) is 4.78. The molecule has 0 radical (unpaired) electrons. The van der Waals surface area contributed by atoms with Gasteiger partial charge >= 0.3 is 0 Å². The Balaban J connectivity index is 2.17. The molecule has 0 aliphatic heterocycles. The van der Waals surface area contributed by atoms with Crippen molar-refractivity contribution in [1.82, 2.24) is 4.90 Å². The molecule has 0 aromatic heterocycles. The van der Waals surface area contributed by atoms with Gasteiger partial charge in [-0.15, -0.1) is 0 Å². The number of rotatable bonds is 7. The Morgan fingerprint density at radius 2 is 2.22 bits per heavy atom. The third-order valence-electron chi connectivity index (χ3n) is 3.32. The van der Waals surface area contributed by atoms with Crippen LogP contribution in [0.3, 0.4) is 0 Å². The molecular formula is C12H23N3O3. The fraction of sp³-hybridized carbons (Fsp3) is 0.833. The van der Waals surface area contributed by atoms with Crippen molar-refractivity contribution in [2.45, 2.75) is 38.7 Å². The van der Waals surface area contributed by atoms with Gasteiger partial charge in [-0.2, -0.15) is 0 Å². The first-order chi connectivity index (χ1) is 8.56. The first kappa shape index (κ1) is 14.8. The first-order valence-corrected chi connectivity index (χ1v) is 6.38. The summed E-state index contributed by atoms with van der Waals surface area (Å²) in [5.41, 5.74) is 5.36. The minimum absolute atomic E-state index is 0.112. The number of amides is 1. The summed E-state index contributed by atoms with van der Waals surface area (Å²) in [6.45, 7) is 3.21. The number of nitrogens with two attached hydrogens (primary N) is 1. The van der Waals surface area contributed by atoms with Crippen molar-refractivity contribution in [2.24, 2.45) is 16.8 Å². The zero-order valence-corrected chi connectivity index (χ0v) is 11.1. The smallest absolute Gasteiger partial charge is 0.222 e. The summed E-state index contributed by atoms with van der Waals surface area (Å²) in [6, 6.07) is 0. The highest BCUT2D eigenvalue weighted by Gasteiger charge is 2.31. The average molecular weight is 257 g/mol. The van der Waals surface area contributed by atoms with E-state index in [0.29, 0.717) is 31.4 Å². The molecular weight excluding hydrogens is 234 g/mol. The molecule has 0 spiro atoms. The van der Waals surface area contributed by atoms with Gasteiger partial charge in [0.15, 0.2) is 0 Å². The molecule has 0 aromatic carbocycles. The standard InChI is InChI=1S/C12H23N3O3/c1-3-18-10-6-9(7-10)8-12(16)15(2)5-4-11(13)14-17/h9-10,17H,3-8H2,1-2H3,(H2,13,14). The lowest BCUT2D eigenvalue weighted by Crippen LogP contribution is -2.37. The van der Waals surface area contributed by atoms with Crippen molar-refractivity contribution in [2.75, 3.05) is 20.2 Å². The molecule has 0 heterocycles. The van der Waals surface area contributed by atoms with Crippen LogP contribution in [0.5, 0.6) is 0 Å². The van der Waals surface area contributed by atoms with E-state index in [1.54, 1.807) is 11.9 Å². The summed E-state index contributed by atoms with van der Waals surface area (Å²) in [7, 11) is 1.74. The van der Waals surface area contributed by atoms with Crippen LogP contribution in [0.4, 0.5) is 0 Å². The van der Waals surface area contributed by atoms with Crippen LogP contribution in [0, 0.1) is 5.92 Å². The van der Waals surface area contributed by atoms with Gasteiger partial charge in [0, 0.05) is 33.0 Å². The molecule has 6 heteroatoms. The molecule has 18 heavy (non-hydrogen) atoms. The first-order valence-electron chi connectivity index (χ1n) is 6.38. The van der Waals surface area contributed by atoms with Crippen LogP contribution < -0.4 is 5.73 Å². The largest absolute Gasteiger partial charge is 0.409 e. The second-order valence-corrected chi connectivity index (χ2v) is 4.78. The highest BCUT2D eigenvalue weighted by molar-refractivity contribution is 5.81. The van der Waals surface area contributed by atoms with Gasteiger partial charge in [-0.1, -0.05) is 5.16 Å². The fourth-order valence-corrected chi connectivity index (χ4v) is 2.07. The van der Waals surface area contributed by atoms with E-state index in [2.05, 4.69) is 5.16 Å². The van der Waals surface area contributed by atoms with Gasteiger partial charge in [0.1, 0.15) is 5.84 Å². The van der Waals surface area contributed by atoms with Crippen LogP contribution >= 0.6 is 0 Å². The molecule has 1 amide bonds. The lowest BCUT2D eigenvalue weighted by atomic mass is 9.80. The van der Waals surface area contributed by atoms with Crippen LogP contribution in [0.15, 0.2) is 5.16 Å². The van der Waals surface area contributed by atoms with Crippen molar-refractivity contribution in [3.63, 3.8) is 0 Å². The number of amidine groups is 1. The minimum Gasteiger partial charge on any atom is -0.409 e. The van der Waals surface area contributed by atoms with Gasteiger partial charge < -0.3 is 20.6 Å². The molecule has 1 saturated carbocycles. The van der Waals surface area contributed by atoms with Gasteiger partial charge in [-0.3, -0.25) is 4.79 Å². The topological polar surface area (TPSA) is 88.2 Å². The number of ether oxygens (including phenoxy) is 1. The van der Waals surface area contributed by atoms with Gasteiger partial charge in [0.2, 0.25) is 5.91 Å². The molecule has 3 N–H and O–H groups in total. The normalized spacial score (nSPS) is 23.6. The number of nitrogens with zero attached hydrogens (tertiary/aromatic N) is 2. The van der Waals surface area contributed by atoms with Gasteiger partial charge in [-0.05, 0) is 25.7 Å². The fourth-order valence-electron chi connectivity index (χ4n) is 2.07. The minimum atomic E-state index is 0.112. The maximum atomic E-state index is 11.9. The van der Waals surface area contributed by atoms with Crippen molar-refractivity contribution >= 4 is 11.7 Å². The van der Waals surface area contributed by atoms with Gasteiger partial charge in [0.25, 0.3) is 0 Å². The molecule has 0 unspecified atom stereocenters. The lowest BCUT2D eigenvalue weighted by molar-refractivity contribution is -0.133. The molecule has 0 aromatic rings. The lowest BCUT2D eigenvalue weighted by Gasteiger charge is -2.35. The van der Waals surface area contributed by atoms with Crippen LogP contribution in [0.2, 0.25) is 0 Å². The SMILES string of the molecule is CCOC1CC(CC(=O)N(C)CCC(N)=NO)C1. The molecule has 1 aliphatic carbocycles. The van der Waals surface area contributed by atoms with E-state index in [-0.39, 0.29) is 11.7 Å². The maximum absolute atomic E-state index is 11.9. The predicted octanol–water partition coefficient (Wildman–Crippen LogP) is 0.787. The summed E-state index contributed by atoms with van der Waals surface area (Å²) in [6.07, 6.45) is 3.26. The Morgan fingerprint density at radius 1 is 1.56 bits per heavy atom. The van der Waals surface area contributed by atoms with E-state index < -0.39 is 0 Å². The van der Waals surface area contributed by atoms with E-state index in [9.17, 15) is 4.79 Å². The Morgan fingerprint density at radius 3 is 2.78 bits per heavy atom. The number of carbonyl (C=O) groups is 1. The van der Waals surface area contributed by atoms with Crippen LogP contribution in [-0.4, -0.2) is 48.2 Å². The van der Waals surface area contributed by atoms with E-state index >= 15 is 0 Å². The predicted molar refractivity (Wildman–Crippen MR) is 68.4 cm³/mol. The second kappa shape index (κ2) is 7.20. The Hall–Kier alpha value is -1.30. The van der Waals surface area contributed by atoms with Crippen molar-refractivity contribution in [1.29, 1.82) is 0 Å². The zero-order chi connectivity index (χ0) is 13.5. The highest BCUT2D eigenvalue weighted by atomic mass is 16.5. The Kier molecular flexibility index (Phi) is 5.91. The average Bonchev–Trinajstić information content (AvgIpc) is 2.32. The Bertz CT molecular complexity index is 301. The van der Waals surface area contributed by atoms with Crippen molar-refractivity contribution in [3.8, 4) is 0 Å². The number of hydrogen-bond donors (Lipinski definition) is 2. The monoisotopic (exact) mass is 257 g/mol. The molecule has 0 bridgehead atoms. The van der Waals surface area contributed by atoms with Gasteiger partial charge in [-0.25, -0.2) is 0 Å². The van der Waals surface area contributed by atoms with E-state index in [4.69, 9.17) is 15.7 Å². The molecule has 0 saturated heterocycles. The van der Waals surface area contributed by atoms with Crippen LogP contribution in [-0.2, 0) is 9.53 Å². The molecule has 6 nitrogen and oxygen atoms in total. The molecule has 1 aliphatic rings. The van der Waals surface area contributed by atoms with E-state index in [0.717, 1.165) is 19.4 Å². The van der Waals surface area contributed by atoms with Gasteiger partial charge in [0.05, 0.1) is 6.10 Å². The number of carbonyl (C=O) groups excluding carboxylic acids is 1. The Labute approximate surface area is 108 Å². The van der Waals surface area contributed by atoms with Crippen LogP contribution in [0.25, 0.3) is 0 Å². The molecule has 1 fully saturated rings. The van der Waals surface area contributed by atoms with Crippen molar-refractivity contribution < 1.29 is 14.7 Å². The highest BCUT2D eigenvalue weighted by Crippen LogP contribution is 2.32. The summed E-state index contributed by atoms with van der Waals surface area (Å²) in [4.78, 5) is 13.5. The summed E-state index contributed by atoms with van der Waals surface area (Å²) >= 11 is 0. The molecule has 104 valence electrons. The third-order valence-corrected chi connectivity index (χ3v) is 3.32. The molecule has 1 rings (SSSR count). The number of oxime groups is 1. The maximum Gasteiger partial charge on any atom is 0.222 e. The number of hydrogen-bond acceptors (Lipinski definition) is 4. The van der Waals surface area contributed by atoms with E-state index in [1.807, 2.05) is 6.92 Å². The van der Waals surface area contributed by atoms with Crippen molar-refractivity contribution in [3.05, 3.63) is 0 Å².